The van der Waals surface area contributed by atoms with Gasteiger partial charge in [-0.15, -0.1) is 11.3 Å². The van der Waals surface area contributed by atoms with E-state index in [2.05, 4.69) is 193 Å². The Morgan fingerprint density at radius 3 is 1.80 bits per heavy atom. The minimum absolute atomic E-state index is 0.602. The summed E-state index contributed by atoms with van der Waals surface area (Å²) < 4.78 is 5.06. The van der Waals surface area contributed by atoms with Gasteiger partial charge >= 0.3 is 0 Å². The molecule has 8 aromatic carbocycles. The van der Waals surface area contributed by atoms with Crippen LogP contribution in [0, 0.1) is 0 Å². The highest BCUT2D eigenvalue weighted by molar-refractivity contribution is 7.25. The quantitative estimate of drug-likeness (QED) is 0.165. The monoisotopic (exact) mass is 641 g/mol. The maximum atomic E-state index is 2.47. The van der Waals surface area contributed by atoms with Crippen LogP contribution in [-0.4, -0.2) is 4.57 Å². The van der Waals surface area contributed by atoms with Crippen LogP contribution >= 0.6 is 11.3 Å². The zero-order chi connectivity index (χ0) is 32.4. The Kier molecular flexibility index (Phi) is 6.34. The third kappa shape index (κ3) is 4.24. The fraction of sp³-hybridized carbons (Fsp3) is 0.0213. The van der Waals surface area contributed by atoms with Gasteiger partial charge in [0.1, 0.15) is 0 Å². The molecule has 0 fully saturated rings. The van der Waals surface area contributed by atoms with E-state index >= 15 is 0 Å². The molecule has 10 rings (SSSR count). The molecule has 0 aliphatic heterocycles. The Labute approximate surface area is 288 Å². The fourth-order valence-corrected chi connectivity index (χ4v) is 9.22. The molecule has 0 N–H and O–H groups in total. The molecule has 2 heteroatoms. The molecule has 1 unspecified atom stereocenters. The van der Waals surface area contributed by atoms with Crippen molar-refractivity contribution in [2.45, 2.75) is 5.41 Å². The molecule has 2 heterocycles. The molecule has 0 radical (unpaired) electrons. The average molecular weight is 642 g/mol. The molecule has 0 bridgehead atoms. The van der Waals surface area contributed by atoms with Crippen LogP contribution < -0.4 is 0 Å². The first-order valence-corrected chi connectivity index (χ1v) is 17.7. The molecule has 0 spiro atoms. The van der Waals surface area contributed by atoms with Crippen LogP contribution in [-0.2, 0) is 5.41 Å². The summed E-state index contributed by atoms with van der Waals surface area (Å²) in [6.45, 7) is 0. The second-order valence-corrected chi connectivity index (χ2v) is 14.0. The van der Waals surface area contributed by atoms with Crippen molar-refractivity contribution in [1.82, 2.24) is 4.57 Å². The van der Waals surface area contributed by atoms with Crippen LogP contribution in [0.2, 0.25) is 0 Å². The van der Waals surface area contributed by atoms with Gasteiger partial charge in [0.2, 0.25) is 0 Å². The number of aromatic nitrogens is 1. The Hall–Kier alpha value is -5.96. The zero-order valence-electron chi connectivity index (χ0n) is 26.8. The fourth-order valence-electron chi connectivity index (χ4n) is 8.13. The number of nitrogens with zero attached hydrogens (tertiary/aromatic N) is 1. The Bertz CT molecular complexity index is 2820. The van der Waals surface area contributed by atoms with E-state index in [-0.39, 0.29) is 0 Å². The van der Waals surface area contributed by atoms with Gasteiger partial charge in [-0.1, -0.05) is 140 Å². The van der Waals surface area contributed by atoms with Gasteiger partial charge in [0, 0.05) is 36.6 Å². The van der Waals surface area contributed by atoms with Gasteiger partial charge in [-0.2, -0.15) is 0 Å². The first kappa shape index (κ1) is 28.1. The van der Waals surface area contributed by atoms with Crippen molar-refractivity contribution in [2.75, 3.05) is 0 Å². The molecular weight excluding hydrogens is 611 g/mol. The molecule has 1 nitrogen and oxygen atoms in total. The average Bonchev–Trinajstić information content (AvgIpc) is 3.71. The molecule has 230 valence electrons. The lowest BCUT2D eigenvalue weighted by Gasteiger charge is -2.37. The number of para-hydroxylation sites is 2. The van der Waals surface area contributed by atoms with E-state index in [0.717, 1.165) is 5.69 Å². The number of hydrogen-bond donors (Lipinski definition) is 0. The normalized spacial score (nSPS) is 13.1. The van der Waals surface area contributed by atoms with Gasteiger partial charge in [0.15, 0.2) is 0 Å². The lowest BCUT2D eigenvalue weighted by molar-refractivity contribution is 0.749. The van der Waals surface area contributed by atoms with Crippen molar-refractivity contribution < 1.29 is 0 Å². The van der Waals surface area contributed by atoms with Crippen molar-refractivity contribution in [3.63, 3.8) is 0 Å². The van der Waals surface area contributed by atoms with Gasteiger partial charge in [0.05, 0.1) is 16.4 Å². The molecule has 49 heavy (non-hydrogen) atoms. The second kappa shape index (κ2) is 11.1. The van der Waals surface area contributed by atoms with Gasteiger partial charge in [-0.25, -0.2) is 0 Å². The predicted octanol–water partition coefficient (Wildman–Crippen LogP) is 12.7. The Morgan fingerprint density at radius 2 is 0.939 bits per heavy atom. The lowest BCUT2D eigenvalue weighted by atomic mass is 9.64. The molecular formula is C47H31NS. The minimum Gasteiger partial charge on any atom is -0.309 e. The topological polar surface area (TPSA) is 4.93 Å². The molecule has 0 saturated heterocycles. The maximum absolute atomic E-state index is 2.47. The maximum Gasteiger partial charge on any atom is 0.0702 e. The van der Waals surface area contributed by atoms with Crippen LogP contribution in [0.25, 0.3) is 58.4 Å². The molecule has 0 aliphatic carbocycles. The second-order valence-electron chi connectivity index (χ2n) is 12.9. The third-order valence-corrected chi connectivity index (χ3v) is 11.5. The van der Waals surface area contributed by atoms with Gasteiger partial charge in [0.25, 0.3) is 0 Å². The van der Waals surface area contributed by atoms with Crippen LogP contribution in [0.5, 0.6) is 0 Å². The lowest BCUT2D eigenvalue weighted by Crippen LogP contribution is -2.31. The van der Waals surface area contributed by atoms with Crippen LogP contribution in [0.1, 0.15) is 22.3 Å². The van der Waals surface area contributed by atoms with E-state index in [4.69, 9.17) is 0 Å². The summed E-state index contributed by atoms with van der Waals surface area (Å²) >= 11 is 1.87. The number of hydrogen-bond acceptors (Lipinski definition) is 1. The Balaban J connectivity index is 1.37. The standard InChI is InChI=1S/C47H31NS/c1-3-15-34(16-4-1)47(35-24-23-32-13-7-8-14-33(32)29-35,36-26-28-46-42(30-36)41-20-10-12-22-45(41)49-46)37-25-27-40-39-19-9-11-21-43(39)48(44(40)31-37)38-17-5-2-6-18-38/h1-31H. The first-order valence-electron chi connectivity index (χ1n) is 16.8. The number of benzene rings is 8. The van der Waals surface area contributed by atoms with Crippen LogP contribution in [0.3, 0.4) is 0 Å². The summed E-state index contributed by atoms with van der Waals surface area (Å²) in [6.07, 6.45) is 0. The summed E-state index contributed by atoms with van der Waals surface area (Å²) in [5.74, 6) is 0. The van der Waals surface area contributed by atoms with Crippen molar-refractivity contribution in [1.29, 1.82) is 0 Å². The van der Waals surface area contributed by atoms with Gasteiger partial charge < -0.3 is 4.57 Å². The largest absolute Gasteiger partial charge is 0.309 e. The Morgan fingerprint density at radius 1 is 0.347 bits per heavy atom. The van der Waals surface area contributed by atoms with E-state index in [9.17, 15) is 0 Å². The summed E-state index contributed by atoms with van der Waals surface area (Å²) in [6, 6.07) is 69.6. The SMILES string of the molecule is c1ccc(-n2c3ccccc3c3ccc(C(c4ccccc4)(c4ccc5ccccc5c4)c4ccc5sc6ccccc6c5c4)cc32)cc1. The third-order valence-electron chi connectivity index (χ3n) is 10.3. The molecule has 2 aromatic heterocycles. The van der Waals surface area contributed by atoms with Crippen molar-refractivity contribution in [3.05, 3.63) is 210 Å². The van der Waals surface area contributed by atoms with Crippen LogP contribution in [0.4, 0.5) is 0 Å². The van der Waals surface area contributed by atoms with Gasteiger partial charge in [-0.3, -0.25) is 0 Å². The highest BCUT2D eigenvalue weighted by atomic mass is 32.1. The molecule has 0 aliphatic rings. The van der Waals surface area contributed by atoms with E-state index in [1.165, 1.54) is 75.0 Å². The van der Waals surface area contributed by atoms with E-state index in [1.54, 1.807) is 0 Å². The minimum atomic E-state index is -0.602. The molecule has 1 atom stereocenters. The van der Waals surface area contributed by atoms with Crippen molar-refractivity contribution in [2.24, 2.45) is 0 Å². The van der Waals surface area contributed by atoms with E-state index in [1.807, 2.05) is 11.3 Å². The molecule has 0 saturated carbocycles. The zero-order valence-corrected chi connectivity index (χ0v) is 27.6. The number of rotatable bonds is 5. The first-order chi connectivity index (χ1) is 24.3. The smallest absolute Gasteiger partial charge is 0.0702 e. The molecule has 0 amide bonds. The number of fused-ring (bicyclic) bond motifs is 7. The predicted molar refractivity (Wildman–Crippen MR) is 209 cm³/mol. The highest BCUT2D eigenvalue weighted by Crippen LogP contribution is 2.49. The number of thiophene rings is 1. The summed E-state index contributed by atoms with van der Waals surface area (Å²) in [4.78, 5) is 0. The summed E-state index contributed by atoms with van der Waals surface area (Å²) in [5, 5.41) is 7.61. The summed E-state index contributed by atoms with van der Waals surface area (Å²) in [5.41, 5.74) is 7.95. The van der Waals surface area contributed by atoms with Crippen molar-refractivity contribution in [3.8, 4) is 5.69 Å². The molecule has 10 aromatic rings. The highest BCUT2D eigenvalue weighted by Gasteiger charge is 2.39. The van der Waals surface area contributed by atoms with E-state index < -0.39 is 5.41 Å². The van der Waals surface area contributed by atoms with Crippen LogP contribution in [0.15, 0.2) is 188 Å². The van der Waals surface area contributed by atoms with Crippen molar-refractivity contribution >= 4 is 64.1 Å². The van der Waals surface area contributed by atoms with Gasteiger partial charge in [-0.05, 0) is 81.6 Å². The summed E-state index contributed by atoms with van der Waals surface area (Å²) in [7, 11) is 0. The van der Waals surface area contributed by atoms with E-state index in [0.29, 0.717) is 0 Å².